The van der Waals surface area contributed by atoms with Crippen LogP contribution in [0.4, 0.5) is 0 Å². The van der Waals surface area contributed by atoms with Crippen LogP contribution >= 0.6 is 0 Å². The van der Waals surface area contributed by atoms with Crippen molar-refractivity contribution in [3.8, 4) is 0 Å². The lowest BCUT2D eigenvalue weighted by atomic mass is 10.2. The van der Waals surface area contributed by atoms with Crippen LogP contribution in [-0.4, -0.2) is 9.55 Å². The molecular weight excluding hydrogens is 220 g/mol. The first kappa shape index (κ1) is 14.2. The van der Waals surface area contributed by atoms with Gasteiger partial charge in [0.05, 0.1) is 6.33 Å². The molecule has 1 aromatic carbocycles. The highest BCUT2D eigenvalue weighted by Crippen LogP contribution is 2.10. The lowest BCUT2D eigenvalue weighted by molar-refractivity contribution is 0.500. The van der Waals surface area contributed by atoms with Gasteiger partial charge in [-0.1, -0.05) is 56.3 Å². The Kier molecular flexibility index (Phi) is 6.55. The predicted molar refractivity (Wildman–Crippen MR) is 78.4 cm³/mol. The summed E-state index contributed by atoms with van der Waals surface area (Å²) in [5.74, 6) is 0. The van der Waals surface area contributed by atoms with E-state index in [1.807, 2.05) is 55.1 Å². The van der Waals surface area contributed by atoms with Crippen molar-refractivity contribution >= 4 is 6.08 Å². The van der Waals surface area contributed by atoms with Crippen LogP contribution in [0.1, 0.15) is 38.3 Å². The Morgan fingerprint density at radius 1 is 1.33 bits per heavy atom. The topological polar surface area (TPSA) is 17.8 Å². The van der Waals surface area contributed by atoms with Crippen molar-refractivity contribution in [3.63, 3.8) is 0 Å². The van der Waals surface area contributed by atoms with Crippen LogP contribution in [0.15, 0.2) is 55.6 Å². The van der Waals surface area contributed by atoms with Crippen LogP contribution < -0.4 is 0 Å². The van der Waals surface area contributed by atoms with Gasteiger partial charge in [0.25, 0.3) is 0 Å². The summed E-state index contributed by atoms with van der Waals surface area (Å²) in [5, 5.41) is 0. The van der Waals surface area contributed by atoms with E-state index in [1.54, 1.807) is 0 Å². The minimum absolute atomic E-state index is 0.604. The van der Waals surface area contributed by atoms with Crippen molar-refractivity contribution in [1.29, 1.82) is 0 Å². The van der Waals surface area contributed by atoms with Gasteiger partial charge in [0.15, 0.2) is 0 Å². The molecule has 2 aromatic rings. The Morgan fingerprint density at radius 3 is 2.50 bits per heavy atom. The summed E-state index contributed by atoms with van der Waals surface area (Å²) in [5.41, 5.74) is 1.17. The second-order valence-corrected chi connectivity index (χ2v) is 4.26. The Labute approximate surface area is 110 Å². The van der Waals surface area contributed by atoms with E-state index in [0.717, 1.165) is 0 Å². The molecule has 2 heteroatoms. The summed E-state index contributed by atoms with van der Waals surface area (Å²) in [4.78, 5) is 3.99. The molecule has 0 radical (unpaired) electrons. The Morgan fingerprint density at radius 2 is 2.06 bits per heavy atom. The minimum Gasteiger partial charge on any atom is -0.335 e. The van der Waals surface area contributed by atoms with E-state index in [9.17, 15) is 0 Å². The van der Waals surface area contributed by atoms with Crippen molar-refractivity contribution in [1.82, 2.24) is 9.55 Å². The highest BCUT2D eigenvalue weighted by Gasteiger charge is 1.99. The molecule has 0 aliphatic heterocycles. The molecule has 0 N–H and O–H groups in total. The van der Waals surface area contributed by atoms with Gasteiger partial charge >= 0.3 is 0 Å². The van der Waals surface area contributed by atoms with E-state index in [2.05, 4.69) is 30.0 Å². The molecule has 0 saturated carbocycles. The number of benzene rings is 1. The predicted octanol–water partition coefficient (Wildman–Crippen LogP) is 4.57. The Bertz CT molecular complexity index is 418. The van der Waals surface area contributed by atoms with E-state index < -0.39 is 0 Å². The summed E-state index contributed by atoms with van der Waals surface area (Å²) in [7, 11) is 0. The standard InChI is InChI=1S/C8H14N2.C8H8/c1-3-4-8(2)10-6-5-9-7-10;1-2-8-6-4-3-5-7-8/h5-8H,3-4H2,1-2H3;2-7H,1H2. The van der Waals surface area contributed by atoms with Crippen molar-refractivity contribution < 1.29 is 0 Å². The number of aromatic nitrogens is 2. The van der Waals surface area contributed by atoms with Gasteiger partial charge in [-0.15, -0.1) is 0 Å². The van der Waals surface area contributed by atoms with Gasteiger partial charge in [0.1, 0.15) is 0 Å². The molecule has 0 fully saturated rings. The monoisotopic (exact) mass is 242 g/mol. The van der Waals surface area contributed by atoms with Gasteiger partial charge in [-0.3, -0.25) is 0 Å². The third-order valence-electron chi connectivity index (χ3n) is 2.78. The second-order valence-electron chi connectivity index (χ2n) is 4.26. The first-order valence-corrected chi connectivity index (χ1v) is 6.42. The molecule has 2 nitrogen and oxygen atoms in total. The van der Waals surface area contributed by atoms with Crippen LogP contribution in [0.3, 0.4) is 0 Å². The fourth-order valence-corrected chi connectivity index (χ4v) is 1.69. The second kappa shape index (κ2) is 8.29. The van der Waals surface area contributed by atoms with E-state index >= 15 is 0 Å². The van der Waals surface area contributed by atoms with E-state index in [1.165, 1.54) is 18.4 Å². The summed E-state index contributed by atoms with van der Waals surface area (Å²) < 4.78 is 2.14. The number of hydrogen-bond acceptors (Lipinski definition) is 1. The SMILES string of the molecule is C=Cc1ccccc1.CCCC(C)n1ccnc1. The van der Waals surface area contributed by atoms with Crippen molar-refractivity contribution in [2.45, 2.75) is 32.7 Å². The summed E-state index contributed by atoms with van der Waals surface area (Å²) in [6.45, 7) is 8.05. The fraction of sp³-hybridized carbons (Fsp3) is 0.312. The molecule has 0 bridgehead atoms. The summed E-state index contributed by atoms with van der Waals surface area (Å²) in [6, 6.07) is 10.6. The lowest BCUT2D eigenvalue weighted by Crippen LogP contribution is -2.00. The van der Waals surface area contributed by atoms with Crippen molar-refractivity contribution in [2.75, 3.05) is 0 Å². The molecule has 1 unspecified atom stereocenters. The van der Waals surface area contributed by atoms with Gasteiger partial charge in [0.2, 0.25) is 0 Å². The summed E-state index contributed by atoms with van der Waals surface area (Å²) >= 11 is 0. The number of nitrogens with zero attached hydrogens (tertiary/aromatic N) is 2. The molecule has 0 spiro atoms. The molecule has 1 aromatic heterocycles. The molecule has 0 saturated heterocycles. The van der Waals surface area contributed by atoms with E-state index in [4.69, 9.17) is 0 Å². The first-order chi connectivity index (χ1) is 8.77. The largest absolute Gasteiger partial charge is 0.335 e. The van der Waals surface area contributed by atoms with Crippen molar-refractivity contribution in [2.24, 2.45) is 0 Å². The maximum absolute atomic E-state index is 3.99. The van der Waals surface area contributed by atoms with Crippen LogP contribution in [0.25, 0.3) is 6.08 Å². The zero-order valence-electron chi connectivity index (χ0n) is 11.3. The van der Waals surface area contributed by atoms with E-state index in [-0.39, 0.29) is 0 Å². The minimum atomic E-state index is 0.604. The van der Waals surface area contributed by atoms with Crippen LogP contribution in [0, 0.1) is 0 Å². The molecule has 0 amide bonds. The maximum atomic E-state index is 3.99. The van der Waals surface area contributed by atoms with Crippen LogP contribution in [-0.2, 0) is 0 Å². The number of rotatable bonds is 4. The molecule has 18 heavy (non-hydrogen) atoms. The highest BCUT2D eigenvalue weighted by atomic mass is 15.0. The average Bonchev–Trinajstić information content (AvgIpc) is 2.95. The van der Waals surface area contributed by atoms with Crippen LogP contribution in [0.2, 0.25) is 0 Å². The highest BCUT2D eigenvalue weighted by molar-refractivity contribution is 5.45. The Balaban J connectivity index is 0.000000184. The maximum Gasteiger partial charge on any atom is 0.0948 e. The number of hydrogen-bond donors (Lipinski definition) is 0. The Hall–Kier alpha value is -1.83. The smallest absolute Gasteiger partial charge is 0.0948 e. The zero-order valence-corrected chi connectivity index (χ0v) is 11.3. The molecule has 0 aliphatic rings. The average molecular weight is 242 g/mol. The molecular formula is C16H22N2. The molecule has 1 atom stereocenters. The molecule has 2 rings (SSSR count). The van der Waals surface area contributed by atoms with Gasteiger partial charge in [-0.05, 0) is 18.9 Å². The van der Waals surface area contributed by atoms with E-state index in [0.29, 0.717) is 6.04 Å². The first-order valence-electron chi connectivity index (χ1n) is 6.42. The summed E-state index contributed by atoms with van der Waals surface area (Å²) in [6.07, 6.45) is 10.0. The third kappa shape index (κ3) is 5.00. The molecule has 0 aliphatic carbocycles. The zero-order chi connectivity index (χ0) is 13.2. The quantitative estimate of drug-likeness (QED) is 0.767. The normalized spacial score (nSPS) is 11.2. The lowest BCUT2D eigenvalue weighted by Gasteiger charge is -2.10. The van der Waals surface area contributed by atoms with Crippen molar-refractivity contribution in [3.05, 3.63) is 61.2 Å². The molecule has 1 heterocycles. The van der Waals surface area contributed by atoms with Gasteiger partial charge in [-0.2, -0.15) is 0 Å². The van der Waals surface area contributed by atoms with Gasteiger partial charge in [0, 0.05) is 18.4 Å². The van der Waals surface area contributed by atoms with Gasteiger partial charge < -0.3 is 4.57 Å². The third-order valence-corrected chi connectivity index (χ3v) is 2.78. The number of imidazole rings is 1. The van der Waals surface area contributed by atoms with Gasteiger partial charge in [-0.25, -0.2) is 4.98 Å². The molecule has 96 valence electrons. The fourth-order valence-electron chi connectivity index (χ4n) is 1.69. The van der Waals surface area contributed by atoms with Crippen LogP contribution in [0.5, 0.6) is 0 Å².